The van der Waals surface area contributed by atoms with Gasteiger partial charge in [-0.15, -0.1) is 0 Å². The number of imidazole rings is 1. The molecule has 24 heavy (non-hydrogen) atoms. The summed E-state index contributed by atoms with van der Waals surface area (Å²) in [4.78, 5) is 11.6. The maximum Gasteiger partial charge on any atom is 0.322 e. The monoisotopic (exact) mass is 350 g/mol. The number of aromatic amines is 1. The van der Waals surface area contributed by atoms with Gasteiger partial charge in [0.25, 0.3) is 0 Å². The Morgan fingerprint density at radius 3 is 2.54 bits per heavy atom. The molecule has 0 bridgehead atoms. The summed E-state index contributed by atoms with van der Waals surface area (Å²) in [5.74, 6) is 1.79. The molecule has 0 saturated carbocycles. The van der Waals surface area contributed by atoms with Crippen LogP contribution in [-0.4, -0.2) is 39.2 Å². The molecule has 0 spiro atoms. The first-order chi connectivity index (χ1) is 11.1. The van der Waals surface area contributed by atoms with E-state index in [1.165, 1.54) is 0 Å². The van der Waals surface area contributed by atoms with Gasteiger partial charge in [0.15, 0.2) is 17.3 Å². The van der Waals surface area contributed by atoms with Crippen molar-refractivity contribution in [3.05, 3.63) is 36.0 Å². The number of benzene rings is 1. The molecule has 0 fully saturated rings. The molecule has 2 heterocycles. The molecule has 3 rings (SSSR count). The molecule has 8 nitrogen and oxygen atoms in total. The number of ether oxygens (including phenoxy) is 2. The SMILES string of the molecule is COc1cc2nc([S+]([O-])Cc3cccc(N)n3)[nH]c2cc1OC.O. The number of nitrogens with zero attached hydrogens (tertiary/aromatic N) is 2. The second kappa shape index (κ2) is 7.39. The van der Waals surface area contributed by atoms with Crippen molar-refractivity contribution >= 4 is 28.0 Å². The van der Waals surface area contributed by atoms with E-state index in [2.05, 4.69) is 15.0 Å². The summed E-state index contributed by atoms with van der Waals surface area (Å²) in [6, 6.07) is 8.75. The van der Waals surface area contributed by atoms with E-state index in [1.54, 1.807) is 44.6 Å². The van der Waals surface area contributed by atoms with Crippen LogP contribution < -0.4 is 15.2 Å². The Balaban J connectivity index is 0.00000208. The molecule has 0 aliphatic rings. The molecule has 0 radical (unpaired) electrons. The predicted molar refractivity (Wildman–Crippen MR) is 91.6 cm³/mol. The standard InChI is InChI=1S/C15H16N4O3S.H2O/c1-21-12-6-10-11(7-13(12)22-2)19-15(18-10)23(20)8-9-4-3-5-14(16)17-9;/h3-7H,8H2,1-2H3,(H2,16,17)(H,18,19);1H2. The fourth-order valence-electron chi connectivity index (χ4n) is 2.20. The third kappa shape index (κ3) is 3.53. The molecule has 1 atom stereocenters. The van der Waals surface area contributed by atoms with Crippen LogP contribution in [-0.2, 0) is 16.9 Å². The molecule has 3 aromatic rings. The van der Waals surface area contributed by atoms with Crippen LogP contribution in [0.3, 0.4) is 0 Å². The largest absolute Gasteiger partial charge is 0.609 e. The Kier molecular flexibility index (Phi) is 5.50. The molecule has 0 aliphatic carbocycles. The van der Waals surface area contributed by atoms with Crippen molar-refractivity contribution in [2.24, 2.45) is 0 Å². The maximum absolute atomic E-state index is 12.5. The molecular weight excluding hydrogens is 332 g/mol. The van der Waals surface area contributed by atoms with E-state index in [1.807, 2.05) is 0 Å². The molecule has 2 aromatic heterocycles. The highest BCUT2D eigenvalue weighted by atomic mass is 32.2. The van der Waals surface area contributed by atoms with E-state index < -0.39 is 11.2 Å². The smallest absolute Gasteiger partial charge is 0.322 e. The highest BCUT2D eigenvalue weighted by molar-refractivity contribution is 7.90. The number of nitrogens with two attached hydrogens (primary N) is 1. The van der Waals surface area contributed by atoms with Crippen molar-refractivity contribution in [2.75, 3.05) is 20.0 Å². The third-order valence-corrected chi connectivity index (χ3v) is 4.47. The van der Waals surface area contributed by atoms with Crippen molar-refractivity contribution in [1.29, 1.82) is 0 Å². The second-order valence-electron chi connectivity index (χ2n) is 4.81. The minimum atomic E-state index is -1.36. The van der Waals surface area contributed by atoms with Crippen LogP contribution in [0.15, 0.2) is 35.5 Å². The van der Waals surface area contributed by atoms with Gasteiger partial charge in [-0.1, -0.05) is 6.07 Å². The van der Waals surface area contributed by atoms with Crippen molar-refractivity contribution in [1.82, 2.24) is 15.0 Å². The lowest BCUT2D eigenvalue weighted by molar-refractivity contribution is 0.356. The quantitative estimate of drug-likeness (QED) is 0.659. The van der Waals surface area contributed by atoms with Gasteiger partial charge in [-0.25, -0.2) is 4.98 Å². The average Bonchev–Trinajstić information content (AvgIpc) is 2.96. The zero-order valence-corrected chi connectivity index (χ0v) is 14.0. The number of pyridine rings is 1. The minimum Gasteiger partial charge on any atom is -0.609 e. The van der Waals surface area contributed by atoms with Crippen LogP contribution in [0.5, 0.6) is 11.5 Å². The van der Waals surface area contributed by atoms with Gasteiger partial charge in [0.2, 0.25) is 0 Å². The Bertz CT molecular complexity index is 798. The van der Waals surface area contributed by atoms with Crippen molar-refractivity contribution < 1.29 is 19.5 Å². The molecular formula is C15H18N4O4S. The van der Waals surface area contributed by atoms with Crippen LogP contribution in [0.25, 0.3) is 11.0 Å². The normalized spacial score (nSPS) is 11.8. The molecule has 0 amide bonds. The van der Waals surface area contributed by atoms with Crippen LogP contribution >= 0.6 is 0 Å². The Morgan fingerprint density at radius 2 is 1.88 bits per heavy atom. The number of nitrogens with one attached hydrogen (secondary N) is 1. The molecule has 1 unspecified atom stereocenters. The number of hydrogen-bond donors (Lipinski definition) is 2. The molecule has 0 aliphatic heterocycles. The number of nitrogen functional groups attached to an aromatic ring is 1. The molecule has 128 valence electrons. The zero-order valence-electron chi connectivity index (χ0n) is 13.2. The first-order valence-electron chi connectivity index (χ1n) is 6.82. The van der Waals surface area contributed by atoms with E-state index in [-0.39, 0.29) is 11.2 Å². The van der Waals surface area contributed by atoms with E-state index in [0.717, 1.165) is 5.52 Å². The maximum atomic E-state index is 12.5. The lowest BCUT2D eigenvalue weighted by atomic mass is 10.3. The third-order valence-electron chi connectivity index (χ3n) is 3.29. The lowest BCUT2D eigenvalue weighted by Gasteiger charge is -2.06. The van der Waals surface area contributed by atoms with Gasteiger partial charge in [-0.2, -0.15) is 4.98 Å². The summed E-state index contributed by atoms with van der Waals surface area (Å²) in [5.41, 5.74) is 7.68. The first kappa shape index (κ1) is 17.9. The summed E-state index contributed by atoms with van der Waals surface area (Å²) in [6.45, 7) is 0. The summed E-state index contributed by atoms with van der Waals surface area (Å²) in [7, 11) is 3.12. The van der Waals surface area contributed by atoms with Gasteiger partial charge < -0.3 is 25.2 Å². The van der Waals surface area contributed by atoms with Crippen LogP contribution in [0.4, 0.5) is 5.82 Å². The van der Waals surface area contributed by atoms with Crippen molar-refractivity contribution in [3.63, 3.8) is 0 Å². The van der Waals surface area contributed by atoms with Crippen molar-refractivity contribution in [3.8, 4) is 11.5 Å². The number of rotatable bonds is 5. The number of hydrogen-bond acceptors (Lipinski definition) is 6. The molecule has 0 saturated heterocycles. The van der Waals surface area contributed by atoms with Crippen LogP contribution in [0, 0.1) is 0 Å². The number of anilines is 1. The fraction of sp³-hybridized carbons (Fsp3) is 0.200. The zero-order chi connectivity index (χ0) is 16.4. The van der Waals surface area contributed by atoms with Crippen molar-refractivity contribution in [2.45, 2.75) is 10.9 Å². The van der Waals surface area contributed by atoms with Gasteiger partial charge in [0.1, 0.15) is 5.82 Å². The highest BCUT2D eigenvalue weighted by Crippen LogP contribution is 2.31. The number of methoxy groups -OCH3 is 2. The second-order valence-corrected chi connectivity index (χ2v) is 6.18. The number of fused-ring (bicyclic) bond motifs is 1. The van der Waals surface area contributed by atoms with Gasteiger partial charge in [0, 0.05) is 23.3 Å². The Labute approximate surface area is 141 Å². The number of H-pyrrole nitrogens is 1. The topological polar surface area (TPSA) is 141 Å². The molecule has 1 aromatic carbocycles. The van der Waals surface area contributed by atoms with Gasteiger partial charge in [-0.3, -0.25) is 4.98 Å². The van der Waals surface area contributed by atoms with Gasteiger partial charge >= 0.3 is 5.16 Å². The van der Waals surface area contributed by atoms with Crippen LogP contribution in [0.2, 0.25) is 0 Å². The predicted octanol–water partition coefficient (Wildman–Crippen LogP) is 1.04. The fourth-order valence-corrected chi connectivity index (χ4v) is 3.19. The minimum absolute atomic E-state index is 0. The van der Waals surface area contributed by atoms with E-state index in [4.69, 9.17) is 15.2 Å². The Hall–Kier alpha value is -2.49. The first-order valence-corrected chi connectivity index (χ1v) is 8.14. The highest BCUT2D eigenvalue weighted by Gasteiger charge is 2.19. The van der Waals surface area contributed by atoms with Crippen LogP contribution in [0.1, 0.15) is 5.69 Å². The van der Waals surface area contributed by atoms with Gasteiger partial charge in [-0.05, 0) is 12.1 Å². The molecule has 9 heteroatoms. The molecule has 5 N–H and O–H groups in total. The summed E-state index contributed by atoms with van der Waals surface area (Å²) >= 11 is -1.36. The lowest BCUT2D eigenvalue weighted by Crippen LogP contribution is -2.08. The summed E-state index contributed by atoms with van der Waals surface area (Å²) in [6.07, 6.45) is 0. The van der Waals surface area contributed by atoms with Gasteiger partial charge in [0.05, 0.1) is 30.9 Å². The summed E-state index contributed by atoms with van der Waals surface area (Å²) < 4.78 is 23.0. The van der Waals surface area contributed by atoms with E-state index >= 15 is 0 Å². The Morgan fingerprint density at radius 1 is 1.17 bits per heavy atom. The summed E-state index contributed by atoms with van der Waals surface area (Å²) in [5, 5.41) is 0.375. The van der Waals surface area contributed by atoms with E-state index in [0.29, 0.717) is 33.7 Å². The van der Waals surface area contributed by atoms with E-state index in [9.17, 15) is 4.55 Å². The average molecular weight is 350 g/mol. The number of aromatic nitrogens is 3.